The molecule has 2 fully saturated rings. The van der Waals surface area contributed by atoms with E-state index in [0.29, 0.717) is 55.9 Å². The second-order valence-electron chi connectivity index (χ2n) is 10.3. The van der Waals surface area contributed by atoms with Crippen LogP contribution in [0.2, 0.25) is 0 Å². The Labute approximate surface area is 243 Å². The lowest BCUT2D eigenvalue weighted by Gasteiger charge is -2.26. The summed E-state index contributed by atoms with van der Waals surface area (Å²) < 4.78 is 22.2. The normalized spacial score (nSPS) is 18.7. The fourth-order valence-corrected chi connectivity index (χ4v) is 5.06. The molecule has 12 nitrogen and oxygen atoms in total. The number of cyclic esters (lactones) is 1. The molecule has 1 aromatic carbocycles. The van der Waals surface area contributed by atoms with Gasteiger partial charge < -0.3 is 29.6 Å². The van der Waals surface area contributed by atoms with Crippen molar-refractivity contribution in [3.05, 3.63) is 60.2 Å². The maximum Gasteiger partial charge on any atom is 0.415 e. The molecule has 0 aliphatic carbocycles. The number of aromatic nitrogens is 2. The predicted molar refractivity (Wildman–Crippen MR) is 155 cm³/mol. The molecule has 2 saturated heterocycles. The van der Waals surface area contributed by atoms with Crippen LogP contribution in [-0.2, 0) is 20.8 Å². The molecule has 5 heterocycles. The van der Waals surface area contributed by atoms with E-state index in [1.165, 1.54) is 4.90 Å². The number of anilines is 2. The van der Waals surface area contributed by atoms with Gasteiger partial charge in [-0.3, -0.25) is 14.6 Å². The number of ether oxygens (including phenoxy) is 4. The lowest BCUT2D eigenvalue weighted by atomic mass is 10.1. The highest BCUT2D eigenvalue weighted by Gasteiger charge is 2.33. The number of morpholine rings is 1. The third kappa shape index (κ3) is 6.96. The second-order valence-corrected chi connectivity index (χ2v) is 10.3. The van der Waals surface area contributed by atoms with Crippen molar-refractivity contribution in [2.75, 3.05) is 69.4 Å². The first kappa shape index (κ1) is 27.9. The predicted octanol–water partition coefficient (Wildman–Crippen LogP) is 2.69. The van der Waals surface area contributed by atoms with Crippen LogP contribution < -0.4 is 25.0 Å². The number of nitrogens with zero attached hydrogens (tertiary/aromatic N) is 4. The third-order valence-corrected chi connectivity index (χ3v) is 7.29. The summed E-state index contributed by atoms with van der Waals surface area (Å²) in [4.78, 5) is 37.0. The zero-order valence-electron chi connectivity index (χ0n) is 23.3. The summed E-state index contributed by atoms with van der Waals surface area (Å²) in [6.07, 6.45) is -0.0730. The Balaban J connectivity index is 0.966. The summed E-state index contributed by atoms with van der Waals surface area (Å²) in [5.41, 5.74) is 3.01. The van der Waals surface area contributed by atoms with Gasteiger partial charge in [-0.05, 0) is 42.8 Å². The minimum Gasteiger partial charge on any atom is -0.480 e. The smallest absolute Gasteiger partial charge is 0.415 e. The molecule has 3 aromatic rings. The van der Waals surface area contributed by atoms with Crippen LogP contribution in [0.3, 0.4) is 0 Å². The highest BCUT2D eigenvalue weighted by atomic mass is 16.6. The van der Waals surface area contributed by atoms with Gasteiger partial charge in [0.25, 0.3) is 5.91 Å². The van der Waals surface area contributed by atoms with Gasteiger partial charge in [-0.2, -0.15) is 0 Å². The van der Waals surface area contributed by atoms with E-state index in [4.69, 9.17) is 23.9 Å². The van der Waals surface area contributed by atoms with E-state index in [-0.39, 0.29) is 18.6 Å². The molecule has 0 saturated carbocycles. The Morgan fingerprint density at radius 1 is 1.05 bits per heavy atom. The van der Waals surface area contributed by atoms with Crippen molar-refractivity contribution < 1.29 is 28.5 Å². The highest BCUT2D eigenvalue weighted by molar-refractivity contribution is 5.95. The van der Waals surface area contributed by atoms with E-state index in [2.05, 4.69) is 32.7 Å². The number of nitrogens with one attached hydrogen (secondary N) is 2. The molecule has 0 spiro atoms. The van der Waals surface area contributed by atoms with Crippen molar-refractivity contribution in [1.29, 1.82) is 0 Å². The van der Waals surface area contributed by atoms with Gasteiger partial charge in [-0.1, -0.05) is 24.3 Å². The highest BCUT2D eigenvalue weighted by Crippen LogP contribution is 2.30. The maximum absolute atomic E-state index is 12.5. The molecule has 6 rings (SSSR count). The van der Waals surface area contributed by atoms with Crippen LogP contribution in [0.15, 0.2) is 54.6 Å². The fraction of sp³-hybridized carbons (Fsp3) is 0.400. The minimum atomic E-state index is -0.456. The molecule has 1 atom stereocenters. The van der Waals surface area contributed by atoms with E-state index >= 15 is 0 Å². The van der Waals surface area contributed by atoms with Gasteiger partial charge in [0.2, 0.25) is 5.88 Å². The second kappa shape index (κ2) is 13.1. The van der Waals surface area contributed by atoms with Gasteiger partial charge in [0.1, 0.15) is 18.5 Å². The van der Waals surface area contributed by atoms with Gasteiger partial charge >= 0.3 is 6.09 Å². The molecule has 12 heteroatoms. The Hall–Kier alpha value is -4.26. The van der Waals surface area contributed by atoms with Crippen LogP contribution in [0, 0.1) is 0 Å². The van der Waals surface area contributed by atoms with Gasteiger partial charge in [-0.15, -0.1) is 0 Å². The molecule has 0 unspecified atom stereocenters. The molecule has 2 N–H and O–H groups in total. The molecule has 3 aliphatic heterocycles. The third-order valence-electron chi connectivity index (χ3n) is 7.29. The zero-order valence-corrected chi connectivity index (χ0v) is 23.3. The molecule has 0 bridgehead atoms. The quantitative estimate of drug-likeness (QED) is 0.330. The van der Waals surface area contributed by atoms with Crippen LogP contribution >= 0.6 is 0 Å². The summed E-state index contributed by atoms with van der Waals surface area (Å²) >= 11 is 0. The molecule has 2 aromatic heterocycles. The van der Waals surface area contributed by atoms with Crippen molar-refractivity contribution in [1.82, 2.24) is 20.2 Å². The van der Waals surface area contributed by atoms with Gasteiger partial charge in [-0.25, -0.2) is 14.8 Å². The van der Waals surface area contributed by atoms with Crippen molar-refractivity contribution in [3.8, 4) is 22.9 Å². The van der Waals surface area contributed by atoms with E-state index in [1.807, 2.05) is 30.3 Å². The zero-order chi connectivity index (χ0) is 28.7. The Bertz CT molecular complexity index is 1410. The molecule has 220 valence electrons. The van der Waals surface area contributed by atoms with E-state index in [1.54, 1.807) is 12.1 Å². The molecule has 42 heavy (non-hydrogen) atoms. The standard InChI is InChI=1S/C30H34N6O6/c37-27-20-41-25-7-8-26(33-29(25)34-27)36-19-23(42-30(36)38)9-10-31-18-21-3-1-4-22(17-21)24-5-2-6-28(32-24)40-16-13-35-11-14-39-15-12-35/h1-8,17,23,31H,9-16,18-20H2,(H,33,34,37)/t23-/m0/s1. The van der Waals surface area contributed by atoms with Crippen LogP contribution in [0.5, 0.6) is 11.6 Å². The number of fused-ring (bicyclic) bond motifs is 1. The summed E-state index contributed by atoms with van der Waals surface area (Å²) in [6, 6.07) is 17.5. The number of hydrogen-bond acceptors (Lipinski definition) is 10. The number of pyridine rings is 2. The number of hydrogen-bond donors (Lipinski definition) is 2. The van der Waals surface area contributed by atoms with Crippen molar-refractivity contribution in [2.24, 2.45) is 0 Å². The largest absolute Gasteiger partial charge is 0.480 e. The lowest BCUT2D eigenvalue weighted by molar-refractivity contribution is -0.118. The Morgan fingerprint density at radius 3 is 2.83 bits per heavy atom. The lowest BCUT2D eigenvalue weighted by Crippen LogP contribution is -2.38. The number of carbonyl (C=O) groups excluding carboxylic acids is 2. The molecule has 0 radical (unpaired) electrons. The van der Waals surface area contributed by atoms with Crippen LogP contribution in [0.1, 0.15) is 12.0 Å². The average Bonchev–Trinajstić information content (AvgIpc) is 3.40. The monoisotopic (exact) mass is 574 g/mol. The SMILES string of the molecule is O=C1COc2ccc(N3C[C@H](CCNCc4cccc(-c5cccc(OCCN6CCOCC6)n5)c4)OC3=O)nc2N1. The summed E-state index contributed by atoms with van der Waals surface area (Å²) in [6.45, 7) is 6.54. The number of amides is 2. The summed E-state index contributed by atoms with van der Waals surface area (Å²) in [7, 11) is 0. The Morgan fingerprint density at radius 2 is 1.93 bits per heavy atom. The summed E-state index contributed by atoms with van der Waals surface area (Å²) in [5, 5.41) is 6.11. The van der Waals surface area contributed by atoms with Crippen LogP contribution in [0.4, 0.5) is 16.4 Å². The first-order chi connectivity index (χ1) is 20.6. The van der Waals surface area contributed by atoms with Gasteiger partial charge in [0.05, 0.1) is 25.5 Å². The van der Waals surface area contributed by atoms with Crippen LogP contribution in [-0.4, -0.2) is 92.1 Å². The number of benzene rings is 1. The number of rotatable bonds is 11. The summed E-state index contributed by atoms with van der Waals surface area (Å²) in [5.74, 6) is 1.54. The first-order valence-corrected chi connectivity index (χ1v) is 14.2. The molecular weight excluding hydrogens is 540 g/mol. The van der Waals surface area contributed by atoms with Crippen molar-refractivity contribution in [2.45, 2.75) is 19.1 Å². The van der Waals surface area contributed by atoms with Gasteiger partial charge in [0, 0.05) is 37.8 Å². The van der Waals surface area contributed by atoms with E-state index in [0.717, 1.165) is 49.7 Å². The van der Waals surface area contributed by atoms with Crippen molar-refractivity contribution >= 4 is 23.6 Å². The average molecular weight is 575 g/mol. The molecule has 3 aliphatic rings. The topological polar surface area (TPSA) is 127 Å². The Kier molecular flexibility index (Phi) is 8.73. The van der Waals surface area contributed by atoms with Gasteiger partial charge in [0.15, 0.2) is 18.2 Å². The minimum absolute atomic E-state index is 0.0474. The fourth-order valence-electron chi connectivity index (χ4n) is 5.06. The molecular formula is C30H34N6O6. The van der Waals surface area contributed by atoms with E-state index < -0.39 is 6.09 Å². The number of carbonyl (C=O) groups is 2. The van der Waals surface area contributed by atoms with Crippen molar-refractivity contribution in [3.63, 3.8) is 0 Å². The van der Waals surface area contributed by atoms with Crippen LogP contribution in [0.25, 0.3) is 11.3 Å². The first-order valence-electron chi connectivity index (χ1n) is 14.2. The van der Waals surface area contributed by atoms with E-state index in [9.17, 15) is 9.59 Å². The molecule has 2 amide bonds. The maximum atomic E-state index is 12.5.